The highest BCUT2D eigenvalue weighted by Gasteiger charge is 2.38. The lowest BCUT2D eigenvalue weighted by Gasteiger charge is -2.30. The average Bonchev–Trinajstić information content (AvgIpc) is 1.78. The summed E-state index contributed by atoms with van der Waals surface area (Å²) in [4.78, 5) is 185. The van der Waals surface area contributed by atoms with Crippen LogP contribution in [0.3, 0.4) is 0 Å². The quantitative estimate of drug-likeness (QED) is 0.0193. The first-order valence-electron chi connectivity index (χ1n) is 32.2. The van der Waals surface area contributed by atoms with Crippen molar-refractivity contribution in [3.63, 3.8) is 0 Å². The Labute approximate surface area is 554 Å². The van der Waals surface area contributed by atoms with Crippen LogP contribution in [0.2, 0.25) is 0 Å². The van der Waals surface area contributed by atoms with Gasteiger partial charge in [-0.2, -0.15) is 0 Å². The molecule has 0 saturated carbocycles. The molecule has 2 aromatic carbocycles. The lowest BCUT2D eigenvalue weighted by molar-refractivity contribution is -0.139. The van der Waals surface area contributed by atoms with Crippen molar-refractivity contribution in [1.29, 1.82) is 0 Å². The number of ketones is 1. The van der Waals surface area contributed by atoms with Crippen LogP contribution < -0.4 is 76.1 Å². The number of nitrogens with one attached hydrogen (secondary N) is 11. The minimum Gasteiger partial charge on any atom is -0.481 e. The monoisotopic (exact) mass is 1330 g/mol. The molecule has 0 aliphatic heterocycles. The molecule has 0 radical (unpaired) electrons. The van der Waals surface area contributed by atoms with Crippen LogP contribution in [0, 0.1) is 17.8 Å². The lowest BCUT2D eigenvalue weighted by Crippen LogP contribution is -2.62. The number of para-hydroxylation sites is 1. The van der Waals surface area contributed by atoms with Gasteiger partial charge in [0.05, 0.1) is 12.5 Å². The van der Waals surface area contributed by atoms with E-state index in [9.17, 15) is 67.4 Å². The molecule has 11 amide bonds. The first-order valence-corrected chi connectivity index (χ1v) is 32.2. The van der Waals surface area contributed by atoms with E-state index >= 15 is 0 Å². The predicted octanol–water partition coefficient (Wildman–Crippen LogP) is -0.509. The van der Waals surface area contributed by atoms with Gasteiger partial charge in [-0.05, 0) is 107 Å². The van der Waals surface area contributed by atoms with Gasteiger partial charge in [0, 0.05) is 49.8 Å². The summed E-state index contributed by atoms with van der Waals surface area (Å²) in [6.45, 7) is 14.8. The average molecular weight is 1330 g/mol. The summed E-state index contributed by atoms with van der Waals surface area (Å²) in [5.41, 5.74) is 23.9. The second kappa shape index (κ2) is 40.6. The van der Waals surface area contributed by atoms with E-state index in [2.05, 4.69) is 63.1 Å². The maximum absolute atomic E-state index is 14.9. The summed E-state index contributed by atoms with van der Waals surface area (Å²) in [6, 6.07) is 2.06. The zero-order chi connectivity index (χ0) is 71.1. The number of guanidine groups is 1. The highest BCUT2D eigenvalue weighted by atomic mass is 16.4. The van der Waals surface area contributed by atoms with E-state index in [0.29, 0.717) is 41.3 Å². The predicted molar refractivity (Wildman–Crippen MR) is 355 cm³/mol. The number of Topliss-reactive ketones (excluding diaryl/α,β-unsaturated/α-hetero) is 1. The van der Waals surface area contributed by atoms with E-state index in [1.54, 1.807) is 88.5 Å². The largest absolute Gasteiger partial charge is 0.481 e. The summed E-state index contributed by atoms with van der Waals surface area (Å²) in [5.74, 6) is -12.3. The van der Waals surface area contributed by atoms with Crippen LogP contribution in [-0.2, 0) is 75.2 Å². The molecular formula is C65H100N16O14. The number of aromatic nitrogens is 1. The summed E-state index contributed by atoms with van der Waals surface area (Å²) in [7, 11) is 0. The molecule has 0 aliphatic rings. The number of aliphatic carboxylic acids is 1. The third kappa shape index (κ3) is 28.7. The minimum absolute atomic E-state index is 0.0181. The smallest absolute Gasteiger partial charge is 0.303 e. The van der Waals surface area contributed by atoms with Gasteiger partial charge in [0.1, 0.15) is 54.4 Å². The van der Waals surface area contributed by atoms with Crippen molar-refractivity contribution in [3.05, 3.63) is 71.9 Å². The number of aliphatic imine (C=N–C) groups is 1. The van der Waals surface area contributed by atoms with Gasteiger partial charge in [0.15, 0.2) is 11.7 Å². The van der Waals surface area contributed by atoms with Crippen LogP contribution in [0.1, 0.15) is 144 Å². The van der Waals surface area contributed by atoms with E-state index in [0.717, 1.165) is 0 Å². The summed E-state index contributed by atoms with van der Waals surface area (Å²) in [6.07, 6.45) is 0.895. The maximum Gasteiger partial charge on any atom is 0.303 e. The number of hydrogen-bond acceptors (Lipinski definition) is 15. The molecule has 0 spiro atoms. The number of hydrogen-bond donors (Lipinski definition) is 16. The SMILES string of the molecule is CC[C@H](C)[C@H](NC(=O)[C@H](Cc1ccccc1)NC(=O)[C@H](CC(C)C)NC(=O)[C@H](CCCN=C(N)N)NC(C)=O)C(=O)N[C@@H](CCC(=O)O)C(=O)N[C@@H](Cc1c[nH]c2ccccc12)C(=O)N[C@@H](CC(C)C)C(=O)N[C@@H](CCCCN)C(=O)N[C@@H](CC(N)=O)C(=O)N[C@H](C)C(C)=O. The van der Waals surface area contributed by atoms with Gasteiger partial charge in [-0.3, -0.25) is 67.3 Å². The Hall–Kier alpha value is -9.48. The van der Waals surface area contributed by atoms with Gasteiger partial charge in [0.25, 0.3) is 0 Å². The Kier molecular flexibility index (Phi) is 34.1. The molecule has 0 aliphatic carbocycles. The molecule has 0 fully saturated rings. The van der Waals surface area contributed by atoms with Crippen LogP contribution >= 0.6 is 0 Å². The summed E-state index contributed by atoms with van der Waals surface area (Å²) >= 11 is 0. The fraction of sp³-hybridized carbons (Fsp3) is 0.569. The van der Waals surface area contributed by atoms with Crippen molar-refractivity contribution < 1.29 is 67.4 Å². The number of amides is 11. The van der Waals surface area contributed by atoms with Gasteiger partial charge in [-0.1, -0.05) is 96.5 Å². The molecule has 30 heteroatoms. The van der Waals surface area contributed by atoms with Crippen molar-refractivity contribution in [2.75, 3.05) is 13.1 Å². The molecule has 11 atom stereocenters. The molecule has 3 aromatic rings. The zero-order valence-corrected chi connectivity index (χ0v) is 55.9. The van der Waals surface area contributed by atoms with Gasteiger partial charge < -0.3 is 86.2 Å². The van der Waals surface area contributed by atoms with Gasteiger partial charge >= 0.3 is 5.97 Å². The minimum atomic E-state index is -1.68. The first kappa shape index (κ1) is 79.8. The van der Waals surface area contributed by atoms with Crippen molar-refractivity contribution in [1.82, 2.24) is 58.2 Å². The number of carboxylic acid groups (broad SMARTS) is 1. The van der Waals surface area contributed by atoms with E-state index < -0.39 is 162 Å². The maximum atomic E-state index is 14.9. The summed E-state index contributed by atoms with van der Waals surface area (Å²) in [5, 5.41) is 37.1. The number of carbonyl (C=O) groups excluding carboxylic acids is 12. The van der Waals surface area contributed by atoms with E-state index in [1.807, 2.05) is 13.8 Å². The highest BCUT2D eigenvalue weighted by molar-refractivity contribution is 6.00. The standard InChI is InChI=1S/C65H100N16O14/c1-10-37(6)55(81-63(94)50(31-41-19-12-11-13-20-41)78-61(92)49(30-36(4)5)76-56(87)45(73-40(9)83)24-18-28-70-65(68)69)64(95)75-47(25-26-54(85)86)58(89)79-51(32-42-34-71-44-22-15-14-21-43(42)44)62(93)77-48(29-35(2)3)60(91)74-46(23-16-17-27-66)57(88)80-52(33-53(67)84)59(90)72-38(7)39(8)82/h11-15,19-22,34-38,45-52,55,71H,10,16-18,23-33,66H2,1-9H3,(H2,67,84)(H,72,90)(H,73,83)(H,74,91)(H,75,95)(H,76,87)(H,77,93)(H,78,92)(H,79,89)(H,80,88)(H,81,94)(H,85,86)(H4,68,69,70)/t37-,38+,45-,46-,47-,48-,49-,50-,51-,52-,55-/m0/s1. The molecule has 0 saturated heterocycles. The van der Waals surface area contributed by atoms with Crippen molar-refractivity contribution in [2.24, 2.45) is 45.7 Å². The number of nitrogens with zero attached hydrogens (tertiary/aromatic N) is 1. The molecule has 0 bridgehead atoms. The molecule has 1 heterocycles. The van der Waals surface area contributed by atoms with Gasteiger partial charge in [-0.15, -0.1) is 0 Å². The topological polar surface area (TPSA) is 495 Å². The molecule has 95 heavy (non-hydrogen) atoms. The first-order chi connectivity index (χ1) is 44.8. The Balaban J connectivity index is 2.05. The number of unbranched alkanes of at least 4 members (excludes halogenated alkanes) is 1. The van der Waals surface area contributed by atoms with Crippen molar-refractivity contribution >= 4 is 93.6 Å². The Morgan fingerprint density at radius 2 is 0.979 bits per heavy atom. The number of rotatable bonds is 43. The highest BCUT2D eigenvalue weighted by Crippen LogP contribution is 2.21. The molecule has 3 rings (SSSR count). The van der Waals surface area contributed by atoms with Crippen LogP contribution in [-0.4, -0.2) is 166 Å². The Morgan fingerprint density at radius 3 is 1.51 bits per heavy atom. The van der Waals surface area contributed by atoms with E-state index in [4.69, 9.17) is 22.9 Å². The molecule has 0 unspecified atom stereocenters. The fourth-order valence-corrected chi connectivity index (χ4v) is 10.2. The van der Waals surface area contributed by atoms with Crippen molar-refractivity contribution in [2.45, 2.75) is 206 Å². The number of fused-ring (bicyclic) bond motifs is 1. The number of H-pyrrole nitrogens is 1. The van der Waals surface area contributed by atoms with Crippen LogP contribution in [0.5, 0.6) is 0 Å². The fourth-order valence-electron chi connectivity index (χ4n) is 10.2. The molecule has 1 aromatic heterocycles. The van der Waals surface area contributed by atoms with Gasteiger partial charge in [0.2, 0.25) is 65.0 Å². The Morgan fingerprint density at radius 1 is 0.516 bits per heavy atom. The van der Waals surface area contributed by atoms with Crippen molar-refractivity contribution in [3.8, 4) is 0 Å². The molecule has 524 valence electrons. The summed E-state index contributed by atoms with van der Waals surface area (Å²) < 4.78 is 0. The third-order valence-corrected chi connectivity index (χ3v) is 15.6. The molecular weight excluding hydrogens is 1230 g/mol. The zero-order valence-electron chi connectivity index (χ0n) is 55.9. The normalized spacial score (nSPS) is 14.7. The number of carbonyl (C=O) groups is 13. The third-order valence-electron chi connectivity index (χ3n) is 15.6. The lowest BCUT2D eigenvalue weighted by atomic mass is 9.96. The van der Waals surface area contributed by atoms with E-state index in [1.165, 1.54) is 20.8 Å². The number of primary amides is 1. The molecule has 30 nitrogen and oxygen atoms in total. The van der Waals surface area contributed by atoms with Gasteiger partial charge in [-0.25, -0.2) is 0 Å². The Bertz CT molecular complexity index is 3130. The van der Waals surface area contributed by atoms with E-state index in [-0.39, 0.29) is 75.8 Å². The van der Waals surface area contributed by atoms with Crippen LogP contribution in [0.15, 0.2) is 65.8 Å². The number of carboxylic acids is 1. The second-order valence-electron chi connectivity index (χ2n) is 24.7. The second-order valence-corrected chi connectivity index (χ2v) is 24.7. The van der Waals surface area contributed by atoms with Crippen LogP contribution in [0.4, 0.5) is 0 Å². The number of benzene rings is 2. The molecule has 20 N–H and O–H groups in total. The number of aromatic amines is 1. The van der Waals surface area contributed by atoms with Crippen LogP contribution in [0.25, 0.3) is 10.9 Å². The number of nitrogens with two attached hydrogens (primary N) is 4.